The minimum absolute atomic E-state index is 0.145. The van der Waals surface area contributed by atoms with Crippen LogP contribution in [-0.2, 0) is 23.1 Å². The van der Waals surface area contributed by atoms with Gasteiger partial charge in [-0.2, -0.15) is 4.31 Å². The quantitative estimate of drug-likeness (QED) is 0.284. The van der Waals surface area contributed by atoms with Crippen LogP contribution in [0, 0.1) is 0 Å². The summed E-state index contributed by atoms with van der Waals surface area (Å²) in [4.78, 5) is 25.5. The predicted octanol–water partition coefficient (Wildman–Crippen LogP) is 3.96. The molecule has 0 unspecified atom stereocenters. The highest BCUT2D eigenvalue weighted by Gasteiger charge is 2.23. The zero-order chi connectivity index (χ0) is 28.8. The van der Waals surface area contributed by atoms with Crippen LogP contribution in [-0.4, -0.2) is 73.0 Å². The SMILES string of the molecule is COc1cccc(CNC(=O)c2ccc(-c3ccnc(Nc4ccc(CN5CCN(S(C)(=O)=O)CC5)cc4)n3)s2)c1. The van der Waals surface area contributed by atoms with Gasteiger partial charge >= 0.3 is 0 Å². The van der Waals surface area contributed by atoms with Crippen LogP contribution in [0.2, 0.25) is 0 Å². The van der Waals surface area contributed by atoms with E-state index in [1.165, 1.54) is 21.9 Å². The van der Waals surface area contributed by atoms with E-state index in [4.69, 9.17) is 4.74 Å². The third kappa shape index (κ3) is 7.67. The molecule has 0 saturated carbocycles. The van der Waals surface area contributed by atoms with E-state index < -0.39 is 10.0 Å². The third-order valence-electron chi connectivity index (χ3n) is 6.74. The highest BCUT2D eigenvalue weighted by Crippen LogP contribution is 2.28. The lowest BCUT2D eigenvalue weighted by molar-refractivity contribution is 0.0955. The van der Waals surface area contributed by atoms with Crippen molar-refractivity contribution in [1.82, 2.24) is 24.5 Å². The number of benzene rings is 2. The summed E-state index contributed by atoms with van der Waals surface area (Å²) in [5, 5.41) is 6.21. The molecule has 0 spiro atoms. The number of amides is 1. The Morgan fingerprint density at radius 1 is 1.00 bits per heavy atom. The number of rotatable bonds is 10. The topological polar surface area (TPSA) is 117 Å². The smallest absolute Gasteiger partial charge is 0.261 e. The van der Waals surface area contributed by atoms with Gasteiger partial charge in [0, 0.05) is 51.2 Å². The first-order valence-corrected chi connectivity index (χ1v) is 15.8. The first-order valence-electron chi connectivity index (χ1n) is 13.1. The molecule has 2 aromatic heterocycles. The lowest BCUT2D eigenvalue weighted by Gasteiger charge is -2.33. The highest BCUT2D eigenvalue weighted by molar-refractivity contribution is 7.88. The Hall–Kier alpha value is -3.84. The minimum Gasteiger partial charge on any atom is -0.497 e. The van der Waals surface area contributed by atoms with Gasteiger partial charge < -0.3 is 15.4 Å². The number of methoxy groups -OCH3 is 1. The van der Waals surface area contributed by atoms with Crippen LogP contribution in [0.1, 0.15) is 20.8 Å². The Bertz CT molecular complexity index is 1600. The van der Waals surface area contributed by atoms with E-state index in [1.807, 2.05) is 60.7 Å². The monoisotopic (exact) mass is 592 g/mol. The van der Waals surface area contributed by atoms with Crippen molar-refractivity contribution in [2.24, 2.45) is 0 Å². The number of sulfonamides is 1. The Kier molecular flexibility index (Phi) is 8.93. The van der Waals surface area contributed by atoms with Crippen molar-refractivity contribution in [3.05, 3.63) is 88.9 Å². The molecule has 1 amide bonds. The van der Waals surface area contributed by atoms with Crippen molar-refractivity contribution in [2.45, 2.75) is 13.1 Å². The van der Waals surface area contributed by atoms with Crippen molar-refractivity contribution >= 4 is 38.9 Å². The molecule has 41 heavy (non-hydrogen) atoms. The van der Waals surface area contributed by atoms with Crippen molar-refractivity contribution in [2.75, 3.05) is 44.9 Å². The predicted molar refractivity (Wildman–Crippen MR) is 161 cm³/mol. The Labute approximate surface area is 244 Å². The van der Waals surface area contributed by atoms with Crippen molar-refractivity contribution < 1.29 is 17.9 Å². The molecule has 1 aliphatic heterocycles. The Balaban J connectivity index is 1.16. The van der Waals surface area contributed by atoms with Crippen LogP contribution in [0.15, 0.2) is 72.9 Å². The first kappa shape index (κ1) is 28.7. The van der Waals surface area contributed by atoms with Gasteiger partial charge in [0.05, 0.1) is 28.8 Å². The van der Waals surface area contributed by atoms with Gasteiger partial charge in [-0.15, -0.1) is 11.3 Å². The Morgan fingerprint density at radius 2 is 1.78 bits per heavy atom. The van der Waals surface area contributed by atoms with Gasteiger partial charge in [0.25, 0.3) is 5.91 Å². The minimum atomic E-state index is -3.13. The van der Waals surface area contributed by atoms with Crippen LogP contribution < -0.4 is 15.4 Å². The zero-order valence-electron chi connectivity index (χ0n) is 22.9. The van der Waals surface area contributed by atoms with Gasteiger partial charge in [-0.25, -0.2) is 18.4 Å². The molecule has 3 heterocycles. The van der Waals surface area contributed by atoms with Gasteiger partial charge in [0.2, 0.25) is 16.0 Å². The van der Waals surface area contributed by atoms with Crippen molar-refractivity contribution in [1.29, 1.82) is 0 Å². The normalized spacial score (nSPS) is 14.5. The molecule has 5 rings (SSSR count). The standard InChI is InChI=1S/C29H32N6O4S2/c1-39-24-5-3-4-22(18-24)19-31-28(36)27-11-10-26(40-27)25-12-13-30-29(33-25)32-23-8-6-21(7-9-23)20-34-14-16-35(17-15-34)41(2,37)38/h3-13,18H,14-17,19-20H2,1-2H3,(H,31,36)(H,30,32,33). The summed E-state index contributed by atoms with van der Waals surface area (Å²) >= 11 is 1.38. The number of aromatic nitrogens is 2. The van der Waals surface area contributed by atoms with E-state index in [9.17, 15) is 13.2 Å². The zero-order valence-corrected chi connectivity index (χ0v) is 24.5. The van der Waals surface area contributed by atoms with Gasteiger partial charge in [-0.1, -0.05) is 24.3 Å². The summed E-state index contributed by atoms with van der Waals surface area (Å²) in [6.45, 7) is 3.63. The molecule has 0 aliphatic carbocycles. The maximum atomic E-state index is 12.7. The van der Waals surface area contributed by atoms with E-state index in [0.29, 0.717) is 43.5 Å². The number of nitrogens with one attached hydrogen (secondary N) is 2. The average molecular weight is 593 g/mol. The number of anilines is 2. The number of carbonyl (C=O) groups excluding carboxylic acids is 1. The second kappa shape index (κ2) is 12.8. The highest BCUT2D eigenvalue weighted by atomic mass is 32.2. The van der Waals surface area contributed by atoms with Crippen molar-refractivity contribution in [3.8, 4) is 16.3 Å². The fourth-order valence-electron chi connectivity index (χ4n) is 4.51. The van der Waals surface area contributed by atoms with Gasteiger partial charge in [-0.05, 0) is 53.6 Å². The summed E-state index contributed by atoms with van der Waals surface area (Å²) in [5.41, 5.74) is 3.69. The van der Waals surface area contributed by atoms with E-state index in [2.05, 4.69) is 25.5 Å². The fraction of sp³-hybridized carbons (Fsp3) is 0.276. The molecule has 214 valence electrons. The molecule has 1 aliphatic rings. The molecule has 2 aromatic carbocycles. The lowest BCUT2D eigenvalue weighted by atomic mass is 10.2. The number of ether oxygens (including phenoxy) is 1. The van der Waals surface area contributed by atoms with Crippen molar-refractivity contribution in [3.63, 3.8) is 0 Å². The largest absolute Gasteiger partial charge is 0.497 e. The van der Waals surface area contributed by atoms with E-state index in [1.54, 1.807) is 19.4 Å². The summed E-state index contributed by atoms with van der Waals surface area (Å²) in [6, 6.07) is 21.2. The first-order chi connectivity index (χ1) is 19.8. The summed E-state index contributed by atoms with van der Waals surface area (Å²) < 4.78 is 30.2. The number of carbonyl (C=O) groups is 1. The molecular weight excluding hydrogens is 560 g/mol. The molecule has 0 atom stereocenters. The maximum absolute atomic E-state index is 12.7. The lowest BCUT2D eigenvalue weighted by Crippen LogP contribution is -2.47. The number of nitrogens with zero attached hydrogens (tertiary/aromatic N) is 4. The van der Waals surface area contributed by atoms with E-state index >= 15 is 0 Å². The van der Waals surface area contributed by atoms with Crippen LogP contribution in [0.4, 0.5) is 11.6 Å². The number of hydrogen-bond acceptors (Lipinski definition) is 9. The summed E-state index contributed by atoms with van der Waals surface area (Å²) in [5.74, 6) is 1.07. The van der Waals surface area contributed by atoms with E-state index in [-0.39, 0.29) is 5.91 Å². The molecule has 1 saturated heterocycles. The molecule has 12 heteroatoms. The Morgan fingerprint density at radius 3 is 2.51 bits per heavy atom. The number of piperazine rings is 1. The maximum Gasteiger partial charge on any atom is 0.261 e. The third-order valence-corrected chi connectivity index (χ3v) is 9.15. The molecule has 0 radical (unpaired) electrons. The van der Waals surface area contributed by atoms with Gasteiger partial charge in [0.1, 0.15) is 5.75 Å². The number of hydrogen-bond donors (Lipinski definition) is 2. The molecule has 2 N–H and O–H groups in total. The van der Waals surface area contributed by atoms with Crippen LogP contribution in [0.5, 0.6) is 5.75 Å². The van der Waals surface area contributed by atoms with E-state index in [0.717, 1.165) is 39.7 Å². The summed E-state index contributed by atoms with van der Waals surface area (Å²) in [7, 11) is -1.51. The summed E-state index contributed by atoms with van der Waals surface area (Å²) in [6.07, 6.45) is 2.95. The van der Waals surface area contributed by atoms with Gasteiger partial charge in [-0.3, -0.25) is 9.69 Å². The molecular formula is C29H32N6O4S2. The fourth-order valence-corrected chi connectivity index (χ4v) is 6.22. The van der Waals surface area contributed by atoms with Gasteiger partial charge in [0.15, 0.2) is 0 Å². The second-order valence-electron chi connectivity index (χ2n) is 9.72. The molecule has 0 bridgehead atoms. The number of thiophene rings is 1. The van der Waals surface area contributed by atoms with Crippen LogP contribution >= 0.6 is 11.3 Å². The second-order valence-corrected chi connectivity index (χ2v) is 12.8. The van der Waals surface area contributed by atoms with Crippen LogP contribution in [0.25, 0.3) is 10.6 Å². The van der Waals surface area contributed by atoms with Crippen LogP contribution in [0.3, 0.4) is 0 Å². The molecule has 10 nitrogen and oxygen atoms in total. The molecule has 1 fully saturated rings. The molecule has 4 aromatic rings. The average Bonchev–Trinajstić information content (AvgIpc) is 3.48.